The number of nitrogens with two attached hydrogens (primary N) is 1. The van der Waals surface area contributed by atoms with Gasteiger partial charge in [-0.15, -0.1) is 5.10 Å². The molecule has 0 aliphatic heterocycles. The van der Waals surface area contributed by atoms with E-state index in [9.17, 15) is 0 Å². The Morgan fingerprint density at radius 1 is 1.33 bits per heavy atom. The van der Waals surface area contributed by atoms with Crippen molar-refractivity contribution in [2.24, 2.45) is 0 Å². The van der Waals surface area contributed by atoms with Crippen molar-refractivity contribution in [1.29, 1.82) is 5.26 Å². The van der Waals surface area contributed by atoms with E-state index < -0.39 is 0 Å². The number of nitriles is 1. The van der Waals surface area contributed by atoms with E-state index in [1.54, 1.807) is 28.9 Å². The quantitative estimate of drug-likeness (QED) is 0.845. The van der Waals surface area contributed by atoms with Crippen LogP contribution in [0, 0.1) is 11.3 Å². The van der Waals surface area contributed by atoms with Crippen LogP contribution in [0.15, 0.2) is 29.0 Å². The van der Waals surface area contributed by atoms with Crippen LogP contribution < -0.4 is 5.73 Å². The van der Waals surface area contributed by atoms with Crippen LogP contribution in [-0.4, -0.2) is 14.8 Å². The van der Waals surface area contributed by atoms with E-state index in [1.165, 1.54) is 0 Å². The molecule has 2 rings (SSSR count). The molecule has 2 N–H and O–H groups in total. The van der Waals surface area contributed by atoms with Gasteiger partial charge in [0.2, 0.25) is 10.7 Å². The lowest BCUT2D eigenvalue weighted by Gasteiger charge is -2.00. The topological polar surface area (TPSA) is 80.5 Å². The van der Waals surface area contributed by atoms with Gasteiger partial charge >= 0.3 is 0 Å². The minimum absolute atomic E-state index is 0.200. The maximum absolute atomic E-state index is 8.64. The first kappa shape index (κ1) is 9.68. The van der Waals surface area contributed by atoms with Gasteiger partial charge < -0.3 is 5.73 Å². The summed E-state index contributed by atoms with van der Waals surface area (Å²) >= 11 is 3.23. The molecule has 0 spiro atoms. The first-order valence-electron chi connectivity index (χ1n) is 4.09. The van der Waals surface area contributed by atoms with Crippen LogP contribution in [0.25, 0.3) is 5.69 Å². The van der Waals surface area contributed by atoms with E-state index in [0.717, 1.165) is 5.69 Å². The predicted octanol–water partition coefficient (Wildman–Crippen LogP) is 1.48. The van der Waals surface area contributed by atoms with Gasteiger partial charge in [0.25, 0.3) is 0 Å². The second kappa shape index (κ2) is 3.71. The highest BCUT2D eigenvalue weighted by Gasteiger charge is 2.06. The zero-order chi connectivity index (χ0) is 10.8. The van der Waals surface area contributed by atoms with Crippen molar-refractivity contribution in [3.8, 4) is 11.8 Å². The number of halogens is 1. The third-order valence-corrected chi connectivity index (χ3v) is 2.34. The summed E-state index contributed by atoms with van der Waals surface area (Å²) in [4.78, 5) is 3.91. The first-order valence-corrected chi connectivity index (χ1v) is 4.88. The molecule has 1 heterocycles. The van der Waals surface area contributed by atoms with Gasteiger partial charge in [0, 0.05) is 0 Å². The van der Waals surface area contributed by atoms with Crippen molar-refractivity contribution >= 4 is 21.9 Å². The normalized spacial score (nSPS) is 9.87. The van der Waals surface area contributed by atoms with Crippen LogP contribution in [0.3, 0.4) is 0 Å². The highest BCUT2D eigenvalue weighted by molar-refractivity contribution is 9.10. The van der Waals surface area contributed by atoms with Crippen molar-refractivity contribution < 1.29 is 0 Å². The van der Waals surface area contributed by atoms with Crippen LogP contribution in [0.2, 0.25) is 0 Å². The molecule has 1 aromatic carbocycles. The van der Waals surface area contributed by atoms with E-state index in [2.05, 4.69) is 26.0 Å². The van der Waals surface area contributed by atoms with E-state index in [1.807, 2.05) is 6.07 Å². The summed E-state index contributed by atoms with van der Waals surface area (Å²) in [6.45, 7) is 0. The Labute approximate surface area is 94.3 Å². The second-order valence-corrected chi connectivity index (χ2v) is 3.52. The SMILES string of the molecule is N#Cc1ccc(-n2nc(N)nc2Br)cc1. The molecule has 1 aromatic heterocycles. The average Bonchev–Trinajstić information content (AvgIpc) is 2.58. The van der Waals surface area contributed by atoms with Gasteiger partial charge in [-0.05, 0) is 40.2 Å². The third-order valence-electron chi connectivity index (χ3n) is 1.83. The molecule has 0 radical (unpaired) electrons. The van der Waals surface area contributed by atoms with E-state index in [4.69, 9.17) is 11.0 Å². The highest BCUT2D eigenvalue weighted by Crippen LogP contribution is 2.15. The fraction of sp³-hybridized carbons (Fsp3) is 0. The van der Waals surface area contributed by atoms with Crippen molar-refractivity contribution in [2.75, 3.05) is 5.73 Å². The molecule has 0 aliphatic rings. The monoisotopic (exact) mass is 263 g/mol. The number of nitrogens with zero attached hydrogens (tertiary/aromatic N) is 4. The second-order valence-electron chi connectivity index (χ2n) is 2.81. The third kappa shape index (κ3) is 1.82. The summed E-state index contributed by atoms with van der Waals surface area (Å²) in [6, 6.07) is 9.01. The molecule has 15 heavy (non-hydrogen) atoms. The Morgan fingerprint density at radius 2 is 2.00 bits per heavy atom. The lowest BCUT2D eigenvalue weighted by Crippen LogP contribution is -1.97. The number of anilines is 1. The van der Waals surface area contributed by atoms with E-state index in [0.29, 0.717) is 10.3 Å². The lowest BCUT2D eigenvalue weighted by molar-refractivity contribution is 0.859. The number of hydrogen-bond acceptors (Lipinski definition) is 4. The molecule has 2 aromatic rings. The minimum atomic E-state index is 0.200. The van der Waals surface area contributed by atoms with Crippen LogP contribution in [0.4, 0.5) is 5.95 Å². The molecule has 0 amide bonds. The van der Waals surface area contributed by atoms with Gasteiger partial charge in [-0.1, -0.05) is 0 Å². The molecule has 0 fully saturated rings. The maximum Gasteiger partial charge on any atom is 0.240 e. The summed E-state index contributed by atoms with van der Waals surface area (Å²) in [6.07, 6.45) is 0. The highest BCUT2D eigenvalue weighted by atomic mass is 79.9. The van der Waals surface area contributed by atoms with Gasteiger partial charge in [-0.2, -0.15) is 10.2 Å². The maximum atomic E-state index is 8.64. The molecule has 6 heteroatoms. The Balaban J connectivity index is 2.46. The largest absolute Gasteiger partial charge is 0.366 e. The Bertz CT molecular complexity index is 522. The zero-order valence-corrected chi connectivity index (χ0v) is 9.14. The molecule has 0 atom stereocenters. The predicted molar refractivity (Wildman–Crippen MR) is 58.2 cm³/mol. The van der Waals surface area contributed by atoms with Crippen LogP contribution in [0.5, 0.6) is 0 Å². The molecule has 0 bridgehead atoms. The van der Waals surface area contributed by atoms with Gasteiger partial charge in [0.05, 0.1) is 17.3 Å². The van der Waals surface area contributed by atoms with Gasteiger partial charge in [0.1, 0.15) is 0 Å². The fourth-order valence-electron chi connectivity index (χ4n) is 1.15. The molecule has 0 saturated carbocycles. The molecule has 0 unspecified atom stereocenters. The standard InChI is InChI=1S/C9H6BrN5/c10-8-13-9(12)14-15(8)7-3-1-6(5-11)2-4-7/h1-4H,(H2,12,14). The van der Waals surface area contributed by atoms with Crippen molar-refractivity contribution in [1.82, 2.24) is 14.8 Å². The van der Waals surface area contributed by atoms with Gasteiger partial charge in [-0.3, -0.25) is 0 Å². The summed E-state index contributed by atoms with van der Waals surface area (Å²) in [5, 5.41) is 12.6. The number of rotatable bonds is 1. The Hall–Kier alpha value is -1.87. The Morgan fingerprint density at radius 3 is 2.47 bits per heavy atom. The number of benzene rings is 1. The van der Waals surface area contributed by atoms with Gasteiger partial charge in [-0.25, -0.2) is 4.68 Å². The molecular formula is C9H6BrN5. The van der Waals surface area contributed by atoms with Crippen LogP contribution in [-0.2, 0) is 0 Å². The number of aromatic nitrogens is 3. The summed E-state index contributed by atoms with van der Waals surface area (Å²) in [5.41, 5.74) is 6.84. The lowest BCUT2D eigenvalue weighted by atomic mass is 10.2. The van der Waals surface area contributed by atoms with Crippen LogP contribution >= 0.6 is 15.9 Å². The van der Waals surface area contributed by atoms with E-state index in [-0.39, 0.29) is 5.95 Å². The van der Waals surface area contributed by atoms with Crippen molar-refractivity contribution in [2.45, 2.75) is 0 Å². The zero-order valence-electron chi connectivity index (χ0n) is 7.55. The number of hydrogen-bond donors (Lipinski definition) is 1. The molecule has 74 valence electrons. The molecule has 5 nitrogen and oxygen atoms in total. The van der Waals surface area contributed by atoms with E-state index >= 15 is 0 Å². The Kier molecular flexibility index (Phi) is 2.39. The van der Waals surface area contributed by atoms with Gasteiger partial charge in [0.15, 0.2) is 0 Å². The minimum Gasteiger partial charge on any atom is -0.366 e. The molecular weight excluding hydrogens is 258 g/mol. The first-order chi connectivity index (χ1) is 7.20. The summed E-state index contributed by atoms with van der Waals surface area (Å²) < 4.78 is 2.08. The smallest absolute Gasteiger partial charge is 0.240 e. The molecule has 0 saturated heterocycles. The summed E-state index contributed by atoms with van der Waals surface area (Å²) in [5.74, 6) is 0.200. The molecule has 0 aliphatic carbocycles. The van der Waals surface area contributed by atoms with Crippen molar-refractivity contribution in [3.63, 3.8) is 0 Å². The average molecular weight is 264 g/mol. The van der Waals surface area contributed by atoms with Crippen molar-refractivity contribution in [3.05, 3.63) is 34.6 Å². The summed E-state index contributed by atoms with van der Waals surface area (Å²) in [7, 11) is 0. The fourth-order valence-corrected chi connectivity index (χ4v) is 1.62. The number of nitrogen functional groups attached to an aromatic ring is 1. The van der Waals surface area contributed by atoms with Crippen LogP contribution in [0.1, 0.15) is 5.56 Å².